The van der Waals surface area contributed by atoms with E-state index in [0.29, 0.717) is 11.5 Å². The third-order valence-corrected chi connectivity index (χ3v) is 3.18. The summed E-state index contributed by atoms with van der Waals surface area (Å²) in [4.78, 5) is 11.2. The number of benzene rings is 1. The lowest BCUT2D eigenvalue weighted by molar-refractivity contribution is 0.0695. The number of hydrogen-bond donors (Lipinski definition) is 2. The zero-order valence-corrected chi connectivity index (χ0v) is 9.49. The van der Waals surface area contributed by atoms with Gasteiger partial charge >= 0.3 is 5.97 Å². The average molecular weight is 219 g/mol. The fourth-order valence-corrected chi connectivity index (χ4v) is 2.33. The van der Waals surface area contributed by atoms with Gasteiger partial charge in [-0.25, -0.2) is 4.79 Å². The molecule has 0 aromatic heterocycles. The number of carboxylic acids is 1. The first-order chi connectivity index (χ1) is 7.68. The lowest BCUT2D eigenvalue weighted by Gasteiger charge is -2.24. The second kappa shape index (κ2) is 4.66. The molecule has 2 rings (SSSR count). The maximum Gasteiger partial charge on any atom is 0.335 e. The van der Waals surface area contributed by atoms with Crippen molar-refractivity contribution in [1.82, 2.24) is 5.32 Å². The highest BCUT2D eigenvalue weighted by molar-refractivity contribution is 5.89. The Hall–Kier alpha value is -1.35. The number of rotatable bonds is 2. The number of aryl methyl sites for hydroxylation is 1. The summed E-state index contributed by atoms with van der Waals surface area (Å²) in [6.45, 7) is 3.86. The molecular formula is C13H17NO2. The highest BCUT2D eigenvalue weighted by Crippen LogP contribution is 2.27. The first kappa shape index (κ1) is 11.1. The van der Waals surface area contributed by atoms with Crippen molar-refractivity contribution in [3.63, 3.8) is 0 Å². The second-order valence-corrected chi connectivity index (χ2v) is 4.44. The van der Waals surface area contributed by atoms with E-state index in [2.05, 4.69) is 5.32 Å². The Bertz CT molecular complexity index is 395. The number of hydrogen-bond acceptors (Lipinski definition) is 2. The van der Waals surface area contributed by atoms with Gasteiger partial charge in [-0.3, -0.25) is 0 Å². The van der Waals surface area contributed by atoms with E-state index in [4.69, 9.17) is 0 Å². The van der Waals surface area contributed by atoms with E-state index in [1.807, 2.05) is 19.1 Å². The number of carbonyl (C=O) groups is 1. The smallest absolute Gasteiger partial charge is 0.335 e. The highest BCUT2D eigenvalue weighted by Gasteiger charge is 2.20. The molecule has 1 aliphatic heterocycles. The Balaban J connectivity index is 2.34. The number of aromatic carboxylic acids is 1. The molecule has 0 spiro atoms. The summed E-state index contributed by atoms with van der Waals surface area (Å²) in [6, 6.07) is 5.74. The van der Waals surface area contributed by atoms with Gasteiger partial charge in [0.1, 0.15) is 0 Å². The van der Waals surface area contributed by atoms with Crippen molar-refractivity contribution in [3.05, 3.63) is 34.9 Å². The maximum absolute atomic E-state index is 11.2. The van der Waals surface area contributed by atoms with Crippen LogP contribution in [-0.2, 0) is 0 Å². The summed E-state index contributed by atoms with van der Waals surface area (Å²) in [5, 5.41) is 12.5. The average Bonchev–Trinajstić information content (AvgIpc) is 2.30. The summed E-state index contributed by atoms with van der Waals surface area (Å²) in [5.74, 6) is -0.468. The largest absolute Gasteiger partial charge is 0.478 e. The van der Waals surface area contributed by atoms with E-state index in [0.717, 1.165) is 37.1 Å². The van der Waals surface area contributed by atoms with Crippen LogP contribution in [0.3, 0.4) is 0 Å². The van der Waals surface area contributed by atoms with Gasteiger partial charge in [-0.15, -0.1) is 0 Å². The molecule has 1 fully saturated rings. The first-order valence-electron chi connectivity index (χ1n) is 5.73. The molecule has 2 N–H and O–H groups in total. The molecule has 16 heavy (non-hydrogen) atoms. The van der Waals surface area contributed by atoms with Crippen LogP contribution in [0.15, 0.2) is 18.2 Å². The lowest BCUT2D eigenvalue weighted by atomic mass is 9.87. The molecule has 3 nitrogen and oxygen atoms in total. The minimum absolute atomic E-state index is 0.348. The summed E-state index contributed by atoms with van der Waals surface area (Å²) in [5.41, 5.74) is 2.45. The first-order valence-corrected chi connectivity index (χ1v) is 5.73. The van der Waals surface area contributed by atoms with Crippen LogP contribution in [0, 0.1) is 6.92 Å². The minimum atomic E-state index is -0.815. The molecule has 1 aromatic rings. The van der Waals surface area contributed by atoms with Crippen LogP contribution in [0.4, 0.5) is 0 Å². The van der Waals surface area contributed by atoms with Crippen molar-refractivity contribution in [2.45, 2.75) is 25.7 Å². The summed E-state index contributed by atoms with van der Waals surface area (Å²) in [7, 11) is 0. The molecule has 1 heterocycles. The summed E-state index contributed by atoms with van der Waals surface area (Å²) in [6.07, 6.45) is 2.20. The molecule has 0 aliphatic carbocycles. The van der Waals surface area contributed by atoms with E-state index in [-0.39, 0.29) is 0 Å². The highest BCUT2D eigenvalue weighted by atomic mass is 16.4. The number of piperidine rings is 1. The van der Waals surface area contributed by atoms with E-state index in [9.17, 15) is 9.90 Å². The van der Waals surface area contributed by atoms with Gasteiger partial charge in [-0.05, 0) is 43.9 Å². The minimum Gasteiger partial charge on any atom is -0.478 e. The van der Waals surface area contributed by atoms with Crippen molar-refractivity contribution in [2.24, 2.45) is 0 Å². The van der Waals surface area contributed by atoms with E-state index >= 15 is 0 Å². The van der Waals surface area contributed by atoms with Crippen LogP contribution in [0.5, 0.6) is 0 Å². The Morgan fingerprint density at radius 3 is 2.94 bits per heavy atom. The summed E-state index contributed by atoms with van der Waals surface area (Å²) < 4.78 is 0. The van der Waals surface area contributed by atoms with Gasteiger partial charge in [-0.2, -0.15) is 0 Å². The van der Waals surface area contributed by atoms with E-state index < -0.39 is 5.97 Å². The fraction of sp³-hybridized carbons (Fsp3) is 0.462. The number of nitrogens with one attached hydrogen (secondary N) is 1. The Morgan fingerprint density at radius 2 is 2.31 bits per heavy atom. The van der Waals surface area contributed by atoms with Gasteiger partial charge in [0, 0.05) is 6.54 Å². The van der Waals surface area contributed by atoms with Crippen molar-refractivity contribution >= 4 is 5.97 Å². The van der Waals surface area contributed by atoms with Gasteiger partial charge < -0.3 is 10.4 Å². The van der Waals surface area contributed by atoms with Crippen molar-refractivity contribution in [1.29, 1.82) is 0 Å². The van der Waals surface area contributed by atoms with E-state index in [1.54, 1.807) is 6.07 Å². The Kier molecular flexibility index (Phi) is 3.25. The molecule has 0 bridgehead atoms. The molecule has 3 heteroatoms. The molecule has 0 amide bonds. The van der Waals surface area contributed by atoms with Crippen molar-refractivity contribution in [2.75, 3.05) is 13.1 Å². The Labute approximate surface area is 95.5 Å². The topological polar surface area (TPSA) is 49.3 Å². The molecule has 1 aliphatic rings. The van der Waals surface area contributed by atoms with Crippen LogP contribution >= 0.6 is 0 Å². The van der Waals surface area contributed by atoms with Crippen LogP contribution in [-0.4, -0.2) is 24.2 Å². The lowest BCUT2D eigenvalue weighted by Crippen LogP contribution is -2.29. The maximum atomic E-state index is 11.2. The van der Waals surface area contributed by atoms with Crippen molar-refractivity contribution < 1.29 is 9.90 Å². The third kappa shape index (κ3) is 2.25. The molecule has 1 atom stereocenters. The monoisotopic (exact) mass is 219 g/mol. The third-order valence-electron chi connectivity index (χ3n) is 3.18. The van der Waals surface area contributed by atoms with Crippen LogP contribution in [0.2, 0.25) is 0 Å². The zero-order chi connectivity index (χ0) is 11.5. The number of carboxylic acid groups (broad SMARTS) is 1. The zero-order valence-electron chi connectivity index (χ0n) is 9.49. The van der Waals surface area contributed by atoms with Crippen LogP contribution < -0.4 is 5.32 Å². The van der Waals surface area contributed by atoms with E-state index in [1.165, 1.54) is 0 Å². The van der Waals surface area contributed by atoms with Gasteiger partial charge in [0.2, 0.25) is 0 Å². The summed E-state index contributed by atoms with van der Waals surface area (Å²) >= 11 is 0. The van der Waals surface area contributed by atoms with Crippen LogP contribution in [0.1, 0.15) is 40.2 Å². The van der Waals surface area contributed by atoms with Gasteiger partial charge in [0.25, 0.3) is 0 Å². The fourth-order valence-electron chi connectivity index (χ4n) is 2.33. The predicted octanol–water partition coefficient (Wildman–Crippen LogP) is 2.16. The molecule has 1 aromatic carbocycles. The van der Waals surface area contributed by atoms with Crippen molar-refractivity contribution in [3.8, 4) is 0 Å². The SMILES string of the molecule is Cc1ccc(C2CCCNC2)c(C(=O)O)c1. The molecule has 1 saturated heterocycles. The van der Waals surface area contributed by atoms with Gasteiger partial charge in [0.05, 0.1) is 5.56 Å². The molecule has 1 unspecified atom stereocenters. The standard InChI is InChI=1S/C13H17NO2/c1-9-4-5-11(12(7-9)13(15)16)10-3-2-6-14-8-10/h4-5,7,10,14H,2-3,6,8H2,1H3,(H,15,16). The normalized spacial score (nSPS) is 20.7. The van der Waals surface area contributed by atoms with Gasteiger partial charge in [0.15, 0.2) is 0 Å². The molecular weight excluding hydrogens is 202 g/mol. The van der Waals surface area contributed by atoms with Crippen LogP contribution in [0.25, 0.3) is 0 Å². The molecule has 0 radical (unpaired) electrons. The Morgan fingerprint density at radius 1 is 1.50 bits per heavy atom. The quantitative estimate of drug-likeness (QED) is 0.801. The second-order valence-electron chi connectivity index (χ2n) is 4.44. The molecule has 0 saturated carbocycles. The predicted molar refractivity (Wildman–Crippen MR) is 63.0 cm³/mol. The molecule has 86 valence electrons. The van der Waals surface area contributed by atoms with Gasteiger partial charge in [-0.1, -0.05) is 17.7 Å².